The first-order chi connectivity index (χ1) is 5.40. The maximum atomic E-state index is 8.55. The van der Waals surface area contributed by atoms with Crippen molar-refractivity contribution in [3.63, 3.8) is 0 Å². The van der Waals surface area contributed by atoms with Crippen molar-refractivity contribution >= 4 is 21.6 Å². The Morgan fingerprint density at radius 3 is 3.18 bits per heavy atom. The number of thiophene rings is 1. The molecular formula is C7H3N3S. The van der Waals surface area contributed by atoms with E-state index >= 15 is 0 Å². The van der Waals surface area contributed by atoms with Crippen LogP contribution in [-0.4, -0.2) is 9.97 Å². The van der Waals surface area contributed by atoms with Crippen molar-refractivity contribution in [2.24, 2.45) is 0 Å². The van der Waals surface area contributed by atoms with E-state index in [0.29, 0.717) is 4.88 Å². The molecule has 0 fully saturated rings. The van der Waals surface area contributed by atoms with Gasteiger partial charge in [0.15, 0.2) is 0 Å². The van der Waals surface area contributed by atoms with Crippen LogP contribution < -0.4 is 0 Å². The summed E-state index contributed by atoms with van der Waals surface area (Å²) in [4.78, 5) is 9.41. The van der Waals surface area contributed by atoms with Gasteiger partial charge in [-0.1, -0.05) is 0 Å². The fourth-order valence-corrected chi connectivity index (χ4v) is 1.61. The number of nitrogens with zero attached hydrogens (tertiary/aromatic N) is 3. The zero-order valence-electron chi connectivity index (χ0n) is 5.48. The van der Waals surface area contributed by atoms with Crippen molar-refractivity contribution in [3.05, 3.63) is 23.5 Å². The molecule has 0 bridgehead atoms. The third kappa shape index (κ3) is 0.954. The molecule has 0 aliphatic carbocycles. The molecule has 0 spiro atoms. The molecule has 3 nitrogen and oxygen atoms in total. The highest BCUT2D eigenvalue weighted by Crippen LogP contribution is 2.20. The van der Waals surface area contributed by atoms with Crippen LogP contribution in [0.4, 0.5) is 0 Å². The summed E-state index contributed by atoms with van der Waals surface area (Å²) in [6, 6.07) is 3.86. The van der Waals surface area contributed by atoms with Crippen LogP contribution in [0.25, 0.3) is 10.2 Å². The van der Waals surface area contributed by atoms with Gasteiger partial charge in [-0.25, -0.2) is 9.97 Å². The summed E-state index contributed by atoms with van der Waals surface area (Å²) < 4.78 is 0. The van der Waals surface area contributed by atoms with E-state index in [0.717, 1.165) is 10.2 Å². The van der Waals surface area contributed by atoms with Gasteiger partial charge in [-0.3, -0.25) is 0 Å². The molecule has 2 rings (SSSR count). The molecule has 0 atom stereocenters. The van der Waals surface area contributed by atoms with E-state index in [2.05, 4.69) is 16.0 Å². The summed E-state index contributed by atoms with van der Waals surface area (Å²) in [7, 11) is 0. The van der Waals surface area contributed by atoms with Crippen LogP contribution in [0.1, 0.15) is 4.88 Å². The van der Waals surface area contributed by atoms with Gasteiger partial charge < -0.3 is 0 Å². The molecule has 11 heavy (non-hydrogen) atoms. The number of hydrogen-bond donors (Lipinski definition) is 0. The van der Waals surface area contributed by atoms with Gasteiger partial charge in [0, 0.05) is 11.6 Å². The molecule has 4 heteroatoms. The Hall–Kier alpha value is -1.47. The molecule has 52 valence electrons. The summed E-state index contributed by atoms with van der Waals surface area (Å²) in [6.07, 6.45) is 3.19. The third-order valence-corrected chi connectivity index (χ3v) is 2.27. The Bertz CT molecular complexity index is 393. The van der Waals surface area contributed by atoms with Crippen molar-refractivity contribution in [2.75, 3.05) is 0 Å². The number of fused-ring (bicyclic) bond motifs is 1. The second-order valence-electron chi connectivity index (χ2n) is 2.01. The molecule has 0 saturated heterocycles. The zero-order valence-corrected chi connectivity index (χ0v) is 6.30. The largest absolute Gasteiger partial charge is 0.244 e. The van der Waals surface area contributed by atoms with E-state index < -0.39 is 0 Å². The molecule has 0 aliphatic rings. The third-order valence-electron chi connectivity index (χ3n) is 1.31. The van der Waals surface area contributed by atoms with Gasteiger partial charge >= 0.3 is 0 Å². The van der Waals surface area contributed by atoms with Crippen LogP contribution in [0.5, 0.6) is 0 Å². The number of aromatic nitrogens is 2. The Kier molecular flexibility index (Phi) is 1.30. The molecule has 0 aliphatic heterocycles. The molecule has 0 amide bonds. The van der Waals surface area contributed by atoms with E-state index in [1.807, 2.05) is 0 Å². The minimum absolute atomic E-state index is 0.681. The molecule has 0 saturated carbocycles. The monoisotopic (exact) mass is 161 g/mol. The Morgan fingerprint density at radius 2 is 2.45 bits per heavy atom. The van der Waals surface area contributed by atoms with Crippen molar-refractivity contribution in [2.45, 2.75) is 0 Å². The van der Waals surface area contributed by atoms with Gasteiger partial charge in [-0.2, -0.15) is 5.26 Å². The van der Waals surface area contributed by atoms with Crippen molar-refractivity contribution in [1.82, 2.24) is 9.97 Å². The standard InChI is InChI=1S/C7H3N3S/c8-2-6-1-5-3-9-4-10-7(5)11-6/h1,3-4H. The Labute approximate surface area is 67.0 Å². The number of rotatable bonds is 0. The van der Waals surface area contributed by atoms with E-state index in [4.69, 9.17) is 5.26 Å². The van der Waals surface area contributed by atoms with Crippen molar-refractivity contribution in [3.8, 4) is 6.07 Å². The van der Waals surface area contributed by atoms with E-state index in [1.165, 1.54) is 17.7 Å². The topological polar surface area (TPSA) is 49.6 Å². The molecule has 0 aromatic carbocycles. The molecular weight excluding hydrogens is 158 g/mol. The van der Waals surface area contributed by atoms with Gasteiger partial charge in [0.1, 0.15) is 22.1 Å². The van der Waals surface area contributed by atoms with Crippen LogP contribution in [-0.2, 0) is 0 Å². The number of hydrogen-bond acceptors (Lipinski definition) is 4. The van der Waals surface area contributed by atoms with Gasteiger partial charge in [0.25, 0.3) is 0 Å². The summed E-state index contributed by atoms with van der Waals surface area (Å²) in [5.41, 5.74) is 0. The van der Waals surface area contributed by atoms with E-state index in [-0.39, 0.29) is 0 Å². The lowest BCUT2D eigenvalue weighted by molar-refractivity contribution is 1.23. The Balaban J connectivity index is 2.81. The normalized spacial score (nSPS) is 9.73. The maximum absolute atomic E-state index is 8.55. The van der Waals surface area contributed by atoms with Crippen LogP contribution in [0.3, 0.4) is 0 Å². The van der Waals surface area contributed by atoms with Crippen LogP contribution in [0.2, 0.25) is 0 Å². The highest BCUT2D eigenvalue weighted by atomic mass is 32.1. The lowest BCUT2D eigenvalue weighted by Crippen LogP contribution is -1.71. The average molecular weight is 161 g/mol. The average Bonchev–Trinajstić information content (AvgIpc) is 2.46. The smallest absolute Gasteiger partial charge is 0.127 e. The zero-order chi connectivity index (χ0) is 7.68. The molecule has 2 aromatic rings. The van der Waals surface area contributed by atoms with Gasteiger partial charge in [0.2, 0.25) is 0 Å². The first-order valence-corrected chi connectivity index (χ1v) is 3.81. The highest BCUT2D eigenvalue weighted by molar-refractivity contribution is 7.19. The summed E-state index contributed by atoms with van der Waals surface area (Å²) in [5, 5.41) is 9.49. The molecule has 0 N–H and O–H groups in total. The van der Waals surface area contributed by atoms with Crippen LogP contribution in [0.15, 0.2) is 18.6 Å². The minimum atomic E-state index is 0.681. The lowest BCUT2D eigenvalue weighted by Gasteiger charge is -1.80. The second kappa shape index (κ2) is 2.29. The molecule has 0 radical (unpaired) electrons. The summed E-state index contributed by atoms with van der Waals surface area (Å²) in [5.74, 6) is 0. The van der Waals surface area contributed by atoms with E-state index in [9.17, 15) is 0 Å². The van der Waals surface area contributed by atoms with Crippen LogP contribution >= 0.6 is 11.3 Å². The van der Waals surface area contributed by atoms with Crippen LogP contribution in [0, 0.1) is 11.3 Å². The van der Waals surface area contributed by atoms with Gasteiger partial charge in [-0.05, 0) is 6.07 Å². The fraction of sp³-hybridized carbons (Fsp3) is 0. The Morgan fingerprint density at radius 1 is 1.55 bits per heavy atom. The maximum Gasteiger partial charge on any atom is 0.127 e. The first-order valence-electron chi connectivity index (χ1n) is 3.00. The molecule has 2 aromatic heterocycles. The summed E-state index contributed by atoms with van der Waals surface area (Å²) >= 11 is 1.39. The predicted molar refractivity (Wildman–Crippen MR) is 42.1 cm³/mol. The lowest BCUT2D eigenvalue weighted by atomic mass is 10.4. The SMILES string of the molecule is N#Cc1cc2cncnc2s1. The van der Waals surface area contributed by atoms with Crippen molar-refractivity contribution in [1.29, 1.82) is 5.26 Å². The fourth-order valence-electron chi connectivity index (χ4n) is 0.843. The quantitative estimate of drug-likeness (QED) is 0.589. The summed E-state index contributed by atoms with van der Waals surface area (Å²) in [6.45, 7) is 0. The minimum Gasteiger partial charge on any atom is -0.244 e. The molecule has 2 heterocycles. The highest BCUT2D eigenvalue weighted by Gasteiger charge is 1.99. The van der Waals surface area contributed by atoms with Crippen molar-refractivity contribution < 1.29 is 0 Å². The van der Waals surface area contributed by atoms with E-state index in [1.54, 1.807) is 12.3 Å². The van der Waals surface area contributed by atoms with Gasteiger partial charge in [0.05, 0.1) is 0 Å². The van der Waals surface area contributed by atoms with Gasteiger partial charge in [-0.15, -0.1) is 11.3 Å². The number of nitriles is 1. The second-order valence-corrected chi connectivity index (χ2v) is 3.04. The molecule has 0 unspecified atom stereocenters. The predicted octanol–water partition coefficient (Wildman–Crippen LogP) is 1.56. The first kappa shape index (κ1) is 6.25.